The first-order chi connectivity index (χ1) is 4.54. The molecule has 0 aliphatic carbocycles. The van der Waals surface area contributed by atoms with Crippen molar-refractivity contribution in [1.82, 2.24) is 0 Å². The minimum absolute atomic E-state index is 0.421. The fourth-order valence-corrected chi connectivity index (χ4v) is 0.367. The van der Waals surface area contributed by atoms with Crippen LogP contribution in [0.5, 0.6) is 0 Å². The number of rotatable bonds is 2. The van der Waals surface area contributed by atoms with Crippen LogP contribution in [-0.4, -0.2) is 11.2 Å². The molecule has 58 valence electrons. The predicted molar refractivity (Wildman–Crippen MR) is 41.9 cm³/mol. The van der Waals surface area contributed by atoms with Crippen LogP contribution in [0.15, 0.2) is 23.5 Å². The molecule has 10 heavy (non-hydrogen) atoms. The smallest absolute Gasteiger partial charge is 0.0904 e. The lowest BCUT2D eigenvalue weighted by Crippen LogP contribution is -2.12. The molecule has 5 N–H and O–H groups in total. The lowest BCUT2D eigenvalue weighted by molar-refractivity contribution is 0.230. The van der Waals surface area contributed by atoms with Gasteiger partial charge in [-0.25, -0.2) is 0 Å². The summed E-state index contributed by atoms with van der Waals surface area (Å²) in [4.78, 5) is 0. The van der Waals surface area contributed by atoms with Crippen LogP contribution in [0.1, 0.15) is 13.8 Å². The molecule has 0 aromatic heterocycles. The van der Waals surface area contributed by atoms with Crippen molar-refractivity contribution < 1.29 is 5.11 Å². The van der Waals surface area contributed by atoms with Crippen LogP contribution in [0.4, 0.5) is 0 Å². The van der Waals surface area contributed by atoms with Crippen LogP contribution >= 0.6 is 0 Å². The summed E-state index contributed by atoms with van der Waals surface area (Å²) in [5.74, 6) is 0. The molecular weight excluding hydrogens is 128 g/mol. The van der Waals surface area contributed by atoms with Gasteiger partial charge in [0.05, 0.1) is 6.10 Å². The van der Waals surface area contributed by atoms with Gasteiger partial charge in [-0.2, -0.15) is 0 Å². The summed E-state index contributed by atoms with van der Waals surface area (Å²) in [6, 6.07) is 0. The Morgan fingerprint density at radius 2 is 1.90 bits per heavy atom. The minimum Gasteiger partial charge on any atom is -0.402 e. The molecule has 0 fully saturated rings. The molecule has 0 saturated heterocycles. The molecule has 0 aliphatic rings. The Morgan fingerprint density at radius 1 is 1.40 bits per heavy atom. The number of hydrogen-bond donors (Lipinski definition) is 3. The largest absolute Gasteiger partial charge is 0.402 e. The van der Waals surface area contributed by atoms with E-state index >= 15 is 0 Å². The van der Waals surface area contributed by atoms with Gasteiger partial charge in [0.25, 0.3) is 0 Å². The zero-order valence-corrected chi connectivity index (χ0v) is 6.33. The first-order valence-electron chi connectivity index (χ1n) is 3.11. The highest BCUT2D eigenvalue weighted by atomic mass is 16.3. The first-order valence-corrected chi connectivity index (χ1v) is 3.11. The van der Waals surface area contributed by atoms with Gasteiger partial charge < -0.3 is 16.6 Å². The maximum Gasteiger partial charge on any atom is 0.0904 e. The number of nitrogens with two attached hydrogens (primary N) is 2. The van der Waals surface area contributed by atoms with Gasteiger partial charge in [0, 0.05) is 11.4 Å². The van der Waals surface area contributed by atoms with Crippen molar-refractivity contribution in [3.05, 3.63) is 23.5 Å². The fraction of sp³-hybridized carbons (Fsp3) is 0.429. The van der Waals surface area contributed by atoms with Gasteiger partial charge in [0.1, 0.15) is 0 Å². The third-order valence-corrected chi connectivity index (χ3v) is 1.02. The Morgan fingerprint density at radius 3 is 2.20 bits per heavy atom. The summed E-state index contributed by atoms with van der Waals surface area (Å²) in [6.45, 7) is 3.36. The Bertz CT molecular complexity index is 155. The average molecular weight is 142 g/mol. The van der Waals surface area contributed by atoms with E-state index < -0.39 is 6.10 Å². The maximum absolute atomic E-state index is 8.87. The van der Waals surface area contributed by atoms with Gasteiger partial charge in [0.15, 0.2) is 0 Å². The molecule has 0 bridgehead atoms. The normalized spacial score (nSPS) is 17.1. The zero-order chi connectivity index (χ0) is 8.15. The second kappa shape index (κ2) is 3.95. The van der Waals surface area contributed by atoms with Crippen molar-refractivity contribution in [2.45, 2.75) is 20.0 Å². The van der Waals surface area contributed by atoms with Gasteiger partial charge in [-0.05, 0) is 26.0 Å². The molecule has 0 spiro atoms. The number of aliphatic hydroxyl groups excluding tert-OH is 1. The Labute approximate surface area is 61.0 Å². The first kappa shape index (κ1) is 9.04. The Kier molecular flexibility index (Phi) is 3.57. The SMILES string of the molecule is C/C(N)=C/C=C(\N)C(C)O. The van der Waals surface area contributed by atoms with Crippen molar-refractivity contribution in [2.24, 2.45) is 11.5 Å². The minimum atomic E-state index is -0.601. The van der Waals surface area contributed by atoms with E-state index in [1.165, 1.54) is 0 Å². The second-order valence-corrected chi connectivity index (χ2v) is 2.25. The topological polar surface area (TPSA) is 72.3 Å². The summed E-state index contributed by atoms with van der Waals surface area (Å²) in [5.41, 5.74) is 11.8. The highest BCUT2D eigenvalue weighted by molar-refractivity contribution is 5.14. The second-order valence-electron chi connectivity index (χ2n) is 2.25. The molecule has 0 heterocycles. The quantitative estimate of drug-likeness (QED) is 0.478. The van der Waals surface area contributed by atoms with Crippen molar-refractivity contribution >= 4 is 0 Å². The Hall–Kier alpha value is -0.960. The molecule has 0 aromatic rings. The zero-order valence-electron chi connectivity index (χ0n) is 6.33. The van der Waals surface area contributed by atoms with Crippen molar-refractivity contribution in [3.63, 3.8) is 0 Å². The molecule has 3 heteroatoms. The third kappa shape index (κ3) is 3.97. The van der Waals surface area contributed by atoms with Crippen molar-refractivity contribution in [2.75, 3.05) is 0 Å². The summed E-state index contributed by atoms with van der Waals surface area (Å²) in [6.07, 6.45) is 2.65. The van der Waals surface area contributed by atoms with Crippen molar-refractivity contribution in [3.8, 4) is 0 Å². The van der Waals surface area contributed by atoms with E-state index in [0.717, 1.165) is 0 Å². The van der Waals surface area contributed by atoms with E-state index in [1.54, 1.807) is 26.0 Å². The summed E-state index contributed by atoms with van der Waals surface area (Å²) >= 11 is 0. The highest BCUT2D eigenvalue weighted by Crippen LogP contribution is 1.93. The maximum atomic E-state index is 8.87. The molecule has 1 atom stereocenters. The van der Waals surface area contributed by atoms with Crippen LogP contribution in [0.3, 0.4) is 0 Å². The lowest BCUT2D eigenvalue weighted by atomic mass is 10.2. The highest BCUT2D eigenvalue weighted by Gasteiger charge is 1.94. The van der Waals surface area contributed by atoms with Gasteiger partial charge in [-0.15, -0.1) is 0 Å². The van der Waals surface area contributed by atoms with Crippen LogP contribution in [-0.2, 0) is 0 Å². The summed E-state index contributed by atoms with van der Waals surface area (Å²) in [5, 5.41) is 8.87. The van der Waals surface area contributed by atoms with Gasteiger partial charge in [-0.1, -0.05) is 0 Å². The van der Waals surface area contributed by atoms with Gasteiger partial charge in [-0.3, -0.25) is 0 Å². The molecule has 0 radical (unpaired) electrons. The van der Waals surface area contributed by atoms with Crippen LogP contribution < -0.4 is 11.5 Å². The Balaban J connectivity index is 4.05. The molecular formula is C7H14N2O. The number of hydrogen-bond acceptors (Lipinski definition) is 3. The van der Waals surface area contributed by atoms with E-state index in [-0.39, 0.29) is 0 Å². The molecule has 1 unspecified atom stereocenters. The standard InChI is InChI=1S/C7H14N2O/c1-5(8)3-4-7(9)6(2)10/h3-4,6,10H,8-9H2,1-2H3/b5-3-,7-4-. The number of aliphatic hydroxyl groups is 1. The molecule has 0 saturated carbocycles. The fourth-order valence-electron chi connectivity index (χ4n) is 0.367. The average Bonchev–Trinajstić information content (AvgIpc) is 1.82. The van der Waals surface area contributed by atoms with E-state index in [4.69, 9.17) is 16.6 Å². The molecule has 0 aliphatic heterocycles. The molecule has 0 rings (SSSR count). The molecule has 0 amide bonds. The van der Waals surface area contributed by atoms with Crippen molar-refractivity contribution in [1.29, 1.82) is 0 Å². The van der Waals surface area contributed by atoms with E-state index in [0.29, 0.717) is 11.4 Å². The summed E-state index contributed by atoms with van der Waals surface area (Å²) < 4.78 is 0. The van der Waals surface area contributed by atoms with Gasteiger partial charge in [0.2, 0.25) is 0 Å². The lowest BCUT2D eigenvalue weighted by Gasteiger charge is -2.01. The predicted octanol–water partition coefficient (Wildman–Crippen LogP) is 0.0723. The van der Waals surface area contributed by atoms with Gasteiger partial charge >= 0.3 is 0 Å². The summed E-state index contributed by atoms with van der Waals surface area (Å²) in [7, 11) is 0. The van der Waals surface area contributed by atoms with Crippen LogP contribution in [0.2, 0.25) is 0 Å². The molecule has 3 nitrogen and oxygen atoms in total. The van der Waals surface area contributed by atoms with E-state index in [1.807, 2.05) is 0 Å². The number of allylic oxidation sites excluding steroid dienone is 3. The molecule has 0 aromatic carbocycles. The monoisotopic (exact) mass is 142 g/mol. The van der Waals surface area contributed by atoms with E-state index in [9.17, 15) is 0 Å². The third-order valence-electron chi connectivity index (χ3n) is 1.02. The van der Waals surface area contributed by atoms with Crippen LogP contribution in [0, 0.1) is 0 Å². The van der Waals surface area contributed by atoms with Crippen LogP contribution in [0.25, 0.3) is 0 Å². The van der Waals surface area contributed by atoms with E-state index in [2.05, 4.69) is 0 Å².